The summed E-state index contributed by atoms with van der Waals surface area (Å²) in [6.07, 6.45) is -0.126. The van der Waals surface area contributed by atoms with Gasteiger partial charge in [-0.3, -0.25) is 4.79 Å². The molecule has 3 aromatic carbocycles. The van der Waals surface area contributed by atoms with Gasteiger partial charge >= 0.3 is 14.8 Å². The number of carbonyl (C=O) groups is 1. The molecule has 6 heteroatoms. The Balaban J connectivity index is 1.96. The molecule has 3 aromatic rings. The van der Waals surface area contributed by atoms with Crippen LogP contribution >= 0.6 is 0 Å². The zero-order chi connectivity index (χ0) is 19.0. The number of benzene rings is 3. The molecule has 27 heavy (non-hydrogen) atoms. The van der Waals surface area contributed by atoms with Gasteiger partial charge in [-0.1, -0.05) is 54.6 Å². The smallest absolute Gasteiger partial charge is 0.483 e. The van der Waals surface area contributed by atoms with E-state index in [1.54, 1.807) is 36.4 Å². The largest absolute Gasteiger partial charge is 0.699 e. The van der Waals surface area contributed by atoms with Crippen molar-refractivity contribution in [3.05, 3.63) is 91.0 Å². The summed E-state index contributed by atoms with van der Waals surface area (Å²) in [7, 11) is -3.46. The molecule has 0 aliphatic carbocycles. The Morgan fingerprint density at radius 1 is 0.667 bits per heavy atom. The molecule has 138 valence electrons. The lowest BCUT2D eigenvalue weighted by Crippen LogP contribution is -2.55. The van der Waals surface area contributed by atoms with E-state index in [-0.39, 0.29) is 12.5 Å². The summed E-state index contributed by atoms with van der Waals surface area (Å²) < 4.78 is 18.6. The molecule has 3 rings (SSSR count). The van der Waals surface area contributed by atoms with Gasteiger partial charge in [0.2, 0.25) is 0 Å². The van der Waals surface area contributed by atoms with Crippen LogP contribution < -0.4 is 13.3 Å². The normalized spacial score (nSPS) is 10.8. The summed E-state index contributed by atoms with van der Waals surface area (Å²) in [5, 5.41) is 9.23. The van der Waals surface area contributed by atoms with Crippen molar-refractivity contribution in [2.24, 2.45) is 0 Å². The number of aliphatic carboxylic acids is 1. The molecule has 0 spiro atoms. The molecule has 0 saturated carbocycles. The standard InChI is InChI=1S/C21H20O5Si/c22-21(23)16-17-27(24-18-10-4-1-5-11-18,25-19-12-6-2-7-13-19)26-20-14-8-3-9-15-20/h1-15H,16-17H2,(H,22,23). The zero-order valence-electron chi connectivity index (χ0n) is 14.7. The molecule has 0 fully saturated rings. The summed E-state index contributed by atoms with van der Waals surface area (Å²) in [6.45, 7) is 0. The van der Waals surface area contributed by atoms with Gasteiger partial charge in [-0.15, -0.1) is 0 Å². The lowest BCUT2D eigenvalue weighted by atomic mass is 10.3. The minimum absolute atomic E-state index is 0.126. The fourth-order valence-electron chi connectivity index (χ4n) is 2.48. The molecule has 0 atom stereocenters. The number of carboxylic acids is 1. The number of carboxylic acid groups (broad SMARTS) is 1. The van der Waals surface area contributed by atoms with Gasteiger partial charge in [0.25, 0.3) is 0 Å². The minimum Gasteiger partial charge on any atom is -0.483 e. The average Bonchev–Trinajstić information content (AvgIpc) is 2.69. The maximum Gasteiger partial charge on any atom is 0.699 e. The third-order valence-electron chi connectivity index (χ3n) is 3.69. The molecule has 1 N–H and O–H groups in total. The van der Waals surface area contributed by atoms with Crippen molar-refractivity contribution in [2.75, 3.05) is 0 Å². The van der Waals surface area contributed by atoms with Crippen molar-refractivity contribution < 1.29 is 23.2 Å². The van der Waals surface area contributed by atoms with Crippen LogP contribution in [0.1, 0.15) is 6.42 Å². The Morgan fingerprint density at radius 2 is 1.00 bits per heavy atom. The van der Waals surface area contributed by atoms with Gasteiger partial charge in [0, 0.05) is 0 Å². The van der Waals surface area contributed by atoms with Crippen molar-refractivity contribution in [1.82, 2.24) is 0 Å². The van der Waals surface area contributed by atoms with E-state index in [1.807, 2.05) is 54.6 Å². The van der Waals surface area contributed by atoms with Crippen LogP contribution in [0.3, 0.4) is 0 Å². The van der Waals surface area contributed by atoms with E-state index < -0.39 is 14.8 Å². The van der Waals surface area contributed by atoms with Crippen LogP contribution in [0.15, 0.2) is 91.0 Å². The van der Waals surface area contributed by atoms with Crippen molar-refractivity contribution >= 4 is 14.8 Å². The van der Waals surface area contributed by atoms with E-state index in [0.717, 1.165) is 0 Å². The quantitative estimate of drug-likeness (QED) is 0.548. The molecule has 0 aliphatic rings. The zero-order valence-corrected chi connectivity index (χ0v) is 15.7. The van der Waals surface area contributed by atoms with Crippen LogP contribution in [0.4, 0.5) is 0 Å². The molecular formula is C21H20O5Si. The van der Waals surface area contributed by atoms with Gasteiger partial charge in [0.1, 0.15) is 17.2 Å². The summed E-state index contributed by atoms with van der Waals surface area (Å²) in [5.74, 6) is 0.779. The first kappa shape index (κ1) is 18.5. The van der Waals surface area contributed by atoms with Crippen molar-refractivity contribution in [3.8, 4) is 17.2 Å². The Kier molecular flexibility index (Phi) is 6.12. The molecular weight excluding hydrogens is 360 g/mol. The Hall–Kier alpha value is -3.25. The molecule has 0 saturated heterocycles. The summed E-state index contributed by atoms with van der Waals surface area (Å²) in [4.78, 5) is 11.3. The average molecular weight is 380 g/mol. The second-order valence-corrected chi connectivity index (χ2v) is 8.30. The van der Waals surface area contributed by atoms with Crippen LogP contribution in [0.25, 0.3) is 0 Å². The first-order chi connectivity index (χ1) is 13.2. The Morgan fingerprint density at radius 3 is 1.30 bits per heavy atom. The second kappa shape index (κ2) is 8.91. The molecule has 0 bridgehead atoms. The fourth-order valence-corrected chi connectivity index (χ4v) is 4.92. The van der Waals surface area contributed by atoms with Gasteiger partial charge in [0.15, 0.2) is 0 Å². The van der Waals surface area contributed by atoms with Crippen LogP contribution in [0.5, 0.6) is 17.2 Å². The monoisotopic (exact) mass is 380 g/mol. The first-order valence-electron chi connectivity index (χ1n) is 8.59. The minimum atomic E-state index is -3.46. The number of hydrogen-bond donors (Lipinski definition) is 1. The third-order valence-corrected chi connectivity index (χ3v) is 6.20. The van der Waals surface area contributed by atoms with Gasteiger partial charge in [0.05, 0.1) is 12.5 Å². The van der Waals surface area contributed by atoms with Crippen LogP contribution in [-0.4, -0.2) is 19.9 Å². The predicted octanol–water partition coefficient (Wildman–Crippen LogP) is 4.64. The summed E-state index contributed by atoms with van der Waals surface area (Å²) >= 11 is 0. The van der Waals surface area contributed by atoms with E-state index in [4.69, 9.17) is 13.3 Å². The topological polar surface area (TPSA) is 65.0 Å². The molecule has 0 unspecified atom stereocenters. The van der Waals surface area contributed by atoms with E-state index in [2.05, 4.69) is 0 Å². The second-order valence-electron chi connectivity index (χ2n) is 5.82. The highest BCUT2D eigenvalue weighted by Gasteiger charge is 2.49. The van der Waals surface area contributed by atoms with E-state index in [0.29, 0.717) is 17.2 Å². The molecule has 0 aliphatic heterocycles. The third kappa shape index (κ3) is 5.62. The highest BCUT2D eigenvalue weighted by atomic mass is 28.4. The van der Waals surface area contributed by atoms with Crippen molar-refractivity contribution in [3.63, 3.8) is 0 Å². The lowest BCUT2D eigenvalue weighted by molar-refractivity contribution is -0.136. The van der Waals surface area contributed by atoms with Gasteiger partial charge in [-0.2, -0.15) is 0 Å². The SMILES string of the molecule is O=C(O)CC[Si](Oc1ccccc1)(Oc1ccccc1)Oc1ccccc1. The fraction of sp³-hybridized carbons (Fsp3) is 0.0952. The first-order valence-corrected chi connectivity index (χ1v) is 10.5. The van der Waals surface area contributed by atoms with Crippen LogP contribution in [0.2, 0.25) is 6.04 Å². The van der Waals surface area contributed by atoms with Gasteiger partial charge in [-0.05, 0) is 36.4 Å². The van der Waals surface area contributed by atoms with Crippen LogP contribution in [-0.2, 0) is 4.79 Å². The molecule has 0 amide bonds. The van der Waals surface area contributed by atoms with Gasteiger partial charge < -0.3 is 18.4 Å². The van der Waals surface area contributed by atoms with E-state index in [1.165, 1.54) is 0 Å². The van der Waals surface area contributed by atoms with Crippen molar-refractivity contribution in [2.45, 2.75) is 12.5 Å². The molecule has 0 heterocycles. The maximum absolute atomic E-state index is 11.3. The Bertz CT molecular complexity index is 739. The highest BCUT2D eigenvalue weighted by Crippen LogP contribution is 2.27. The highest BCUT2D eigenvalue weighted by molar-refractivity contribution is 6.63. The molecule has 0 aromatic heterocycles. The molecule has 5 nitrogen and oxygen atoms in total. The number of rotatable bonds is 9. The summed E-state index contributed by atoms with van der Waals surface area (Å²) in [6, 6.07) is 27.6. The van der Waals surface area contributed by atoms with E-state index >= 15 is 0 Å². The Labute approximate surface area is 159 Å². The number of hydrogen-bond acceptors (Lipinski definition) is 4. The van der Waals surface area contributed by atoms with Crippen molar-refractivity contribution in [1.29, 1.82) is 0 Å². The van der Waals surface area contributed by atoms with Gasteiger partial charge in [-0.25, -0.2) is 0 Å². The summed E-state index contributed by atoms with van der Waals surface area (Å²) in [5.41, 5.74) is 0. The predicted molar refractivity (Wildman–Crippen MR) is 104 cm³/mol. The lowest BCUT2D eigenvalue weighted by Gasteiger charge is -2.30. The van der Waals surface area contributed by atoms with E-state index in [9.17, 15) is 9.90 Å². The molecule has 0 radical (unpaired) electrons. The van der Waals surface area contributed by atoms with Crippen LogP contribution in [0, 0.1) is 0 Å². The maximum atomic E-state index is 11.3. The number of para-hydroxylation sites is 3.